The van der Waals surface area contributed by atoms with Crippen LogP contribution in [0.15, 0.2) is 41.3 Å². The van der Waals surface area contributed by atoms with E-state index in [0.29, 0.717) is 23.9 Å². The number of hydrogen-bond donors (Lipinski definition) is 2. The molecule has 0 fully saturated rings. The molecule has 0 saturated carbocycles. The van der Waals surface area contributed by atoms with Gasteiger partial charge in [-0.2, -0.15) is 0 Å². The van der Waals surface area contributed by atoms with Crippen LogP contribution in [-0.2, 0) is 16.6 Å². The molecule has 0 radical (unpaired) electrons. The third kappa shape index (κ3) is 4.40. The summed E-state index contributed by atoms with van der Waals surface area (Å²) in [7, 11) is -4.01. The number of nitrogens with two attached hydrogens (primary N) is 1. The minimum absolute atomic E-state index is 0.0851. The minimum Gasteiger partial charge on any atom is -0.324 e. The van der Waals surface area contributed by atoms with Crippen molar-refractivity contribution in [2.45, 2.75) is 38.1 Å². The topological polar surface area (TPSA) is 103 Å². The standard InChI is InChI=1S/C19H21Cl2N5O2S/c1-4-26-18(24-25-19(26)23-13-7-5-11(2)6-8-13)12(3)16-15(29(22,27)28)10-9-14(20)17(16)21/h5-10,12H,4H2,1-3H3,(H,23,25)(H2,22,27,28)/t12-/m1/s1. The lowest BCUT2D eigenvalue weighted by molar-refractivity contribution is 0.594. The van der Waals surface area contributed by atoms with Crippen LogP contribution in [0.3, 0.4) is 0 Å². The first-order valence-corrected chi connectivity index (χ1v) is 11.2. The van der Waals surface area contributed by atoms with Gasteiger partial charge < -0.3 is 5.32 Å². The second-order valence-corrected chi connectivity index (χ2v) is 8.97. The highest BCUT2D eigenvalue weighted by Gasteiger charge is 2.28. The van der Waals surface area contributed by atoms with Gasteiger partial charge in [0.1, 0.15) is 5.82 Å². The maximum absolute atomic E-state index is 12.1. The van der Waals surface area contributed by atoms with Gasteiger partial charge in [-0.15, -0.1) is 10.2 Å². The van der Waals surface area contributed by atoms with Crippen LogP contribution in [0.2, 0.25) is 10.0 Å². The van der Waals surface area contributed by atoms with Gasteiger partial charge in [-0.25, -0.2) is 13.6 Å². The van der Waals surface area contributed by atoms with Gasteiger partial charge in [-0.05, 0) is 38.1 Å². The Morgan fingerprint density at radius 3 is 2.38 bits per heavy atom. The number of aryl methyl sites for hydroxylation is 1. The molecule has 0 saturated heterocycles. The van der Waals surface area contributed by atoms with E-state index in [0.717, 1.165) is 11.3 Å². The van der Waals surface area contributed by atoms with Crippen LogP contribution in [0.25, 0.3) is 0 Å². The second kappa shape index (κ2) is 8.31. The monoisotopic (exact) mass is 453 g/mol. The molecular weight excluding hydrogens is 433 g/mol. The number of halogens is 2. The number of benzene rings is 2. The maximum atomic E-state index is 12.1. The summed E-state index contributed by atoms with van der Waals surface area (Å²) in [6.07, 6.45) is 0. The van der Waals surface area contributed by atoms with Crippen molar-refractivity contribution in [3.8, 4) is 0 Å². The molecule has 29 heavy (non-hydrogen) atoms. The van der Waals surface area contributed by atoms with E-state index in [1.54, 1.807) is 6.92 Å². The molecule has 7 nitrogen and oxygen atoms in total. The van der Waals surface area contributed by atoms with Crippen molar-refractivity contribution in [2.75, 3.05) is 5.32 Å². The lowest BCUT2D eigenvalue weighted by Crippen LogP contribution is -2.18. The number of rotatable bonds is 6. The van der Waals surface area contributed by atoms with Gasteiger partial charge in [0.05, 0.1) is 14.9 Å². The van der Waals surface area contributed by atoms with Crippen molar-refractivity contribution in [1.82, 2.24) is 14.8 Å². The molecule has 0 aliphatic heterocycles. The summed E-state index contributed by atoms with van der Waals surface area (Å²) in [4.78, 5) is -0.0851. The van der Waals surface area contributed by atoms with Gasteiger partial charge in [0.25, 0.3) is 0 Å². The van der Waals surface area contributed by atoms with Crippen LogP contribution in [0, 0.1) is 6.92 Å². The lowest BCUT2D eigenvalue weighted by Gasteiger charge is -2.19. The molecule has 3 rings (SSSR count). The third-order valence-electron chi connectivity index (χ3n) is 4.62. The number of sulfonamides is 1. The molecule has 0 aliphatic carbocycles. The predicted octanol–water partition coefficient (Wildman–Crippen LogP) is 4.46. The van der Waals surface area contributed by atoms with Crippen LogP contribution >= 0.6 is 23.2 Å². The van der Waals surface area contributed by atoms with E-state index in [4.69, 9.17) is 28.3 Å². The highest BCUT2D eigenvalue weighted by atomic mass is 35.5. The molecule has 154 valence electrons. The van der Waals surface area contributed by atoms with Crippen LogP contribution in [0.1, 0.15) is 36.7 Å². The Morgan fingerprint density at radius 2 is 1.79 bits per heavy atom. The molecule has 0 aliphatic rings. The fourth-order valence-electron chi connectivity index (χ4n) is 3.13. The Hall–Kier alpha value is -2.13. The molecule has 0 bridgehead atoms. The molecule has 3 N–H and O–H groups in total. The Morgan fingerprint density at radius 1 is 1.14 bits per heavy atom. The van der Waals surface area contributed by atoms with E-state index in [-0.39, 0.29) is 14.9 Å². The van der Waals surface area contributed by atoms with Crippen molar-refractivity contribution >= 4 is 44.9 Å². The second-order valence-electron chi connectivity index (χ2n) is 6.66. The Balaban J connectivity index is 2.07. The summed E-state index contributed by atoms with van der Waals surface area (Å²) < 4.78 is 26.1. The molecule has 2 aromatic carbocycles. The van der Waals surface area contributed by atoms with Gasteiger partial charge >= 0.3 is 0 Å². The normalized spacial score (nSPS) is 12.8. The Labute approximate surface area is 179 Å². The maximum Gasteiger partial charge on any atom is 0.238 e. The van der Waals surface area contributed by atoms with Crippen molar-refractivity contribution in [1.29, 1.82) is 0 Å². The zero-order valence-corrected chi connectivity index (χ0v) is 18.5. The van der Waals surface area contributed by atoms with E-state index in [1.165, 1.54) is 12.1 Å². The van der Waals surface area contributed by atoms with Crippen molar-refractivity contribution in [3.63, 3.8) is 0 Å². The quantitative estimate of drug-likeness (QED) is 0.573. The van der Waals surface area contributed by atoms with Gasteiger partial charge in [-0.1, -0.05) is 47.8 Å². The molecule has 1 aromatic heterocycles. The molecule has 1 heterocycles. The average molecular weight is 454 g/mol. The summed E-state index contributed by atoms with van der Waals surface area (Å²) in [5, 5.41) is 17.5. The summed E-state index contributed by atoms with van der Waals surface area (Å²) >= 11 is 12.5. The van der Waals surface area contributed by atoms with E-state index in [2.05, 4.69) is 15.5 Å². The minimum atomic E-state index is -4.01. The van der Waals surface area contributed by atoms with E-state index < -0.39 is 15.9 Å². The first-order chi connectivity index (χ1) is 13.6. The zero-order valence-electron chi connectivity index (χ0n) is 16.1. The van der Waals surface area contributed by atoms with Crippen molar-refractivity contribution in [3.05, 3.63) is 63.4 Å². The van der Waals surface area contributed by atoms with Crippen LogP contribution in [0.5, 0.6) is 0 Å². The van der Waals surface area contributed by atoms with E-state index in [9.17, 15) is 8.42 Å². The van der Waals surface area contributed by atoms with E-state index in [1.807, 2.05) is 42.7 Å². The first-order valence-electron chi connectivity index (χ1n) is 8.91. The Bertz CT molecular complexity index is 1140. The SMILES string of the molecule is CCn1c(Nc2ccc(C)cc2)nnc1[C@H](C)c1c(S(N)(=O)=O)ccc(Cl)c1Cl. The van der Waals surface area contributed by atoms with E-state index >= 15 is 0 Å². The predicted molar refractivity (Wildman–Crippen MR) is 116 cm³/mol. The number of anilines is 2. The fourth-order valence-corrected chi connectivity index (χ4v) is 4.53. The summed E-state index contributed by atoms with van der Waals surface area (Å²) in [6, 6.07) is 10.6. The molecular formula is C19H21Cl2N5O2S. The largest absolute Gasteiger partial charge is 0.324 e. The average Bonchev–Trinajstić information content (AvgIpc) is 3.06. The first kappa shape index (κ1) is 21.6. The third-order valence-corrected chi connectivity index (χ3v) is 6.41. The van der Waals surface area contributed by atoms with Gasteiger partial charge in [0.2, 0.25) is 16.0 Å². The zero-order chi connectivity index (χ0) is 21.3. The van der Waals surface area contributed by atoms with Crippen LogP contribution in [0.4, 0.5) is 11.6 Å². The van der Waals surface area contributed by atoms with Crippen molar-refractivity contribution < 1.29 is 8.42 Å². The van der Waals surface area contributed by atoms with Gasteiger partial charge in [0, 0.05) is 23.7 Å². The number of nitrogens with one attached hydrogen (secondary N) is 1. The number of hydrogen-bond acceptors (Lipinski definition) is 5. The molecule has 0 spiro atoms. The van der Waals surface area contributed by atoms with Crippen molar-refractivity contribution in [2.24, 2.45) is 5.14 Å². The summed E-state index contributed by atoms with van der Waals surface area (Å²) in [6.45, 7) is 6.30. The molecule has 10 heteroatoms. The Kier molecular flexibility index (Phi) is 6.19. The highest BCUT2D eigenvalue weighted by molar-refractivity contribution is 7.89. The molecule has 0 unspecified atom stereocenters. The highest BCUT2D eigenvalue weighted by Crippen LogP contribution is 2.38. The number of primary sulfonamides is 1. The van der Waals surface area contributed by atoms with Crippen LogP contribution in [-0.4, -0.2) is 23.2 Å². The van der Waals surface area contributed by atoms with Crippen LogP contribution < -0.4 is 10.5 Å². The summed E-state index contributed by atoms with van der Waals surface area (Å²) in [5.74, 6) is 0.556. The van der Waals surface area contributed by atoms with Gasteiger partial charge in [-0.3, -0.25) is 4.57 Å². The molecule has 3 aromatic rings. The molecule has 0 amide bonds. The van der Waals surface area contributed by atoms with Gasteiger partial charge in [0.15, 0.2) is 0 Å². The summed E-state index contributed by atoms with van der Waals surface area (Å²) in [5.41, 5.74) is 2.31. The molecule has 1 atom stereocenters. The smallest absolute Gasteiger partial charge is 0.238 e. The number of aromatic nitrogens is 3. The number of nitrogens with zero attached hydrogens (tertiary/aromatic N) is 3. The fraction of sp³-hybridized carbons (Fsp3) is 0.263. The lowest BCUT2D eigenvalue weighted by atomic mass is 10.00.